The Morgan fingerprint density at radius 2 is 1.91 bits per heavy atom. The molecule has 166 valence electrons. The van der Waals surface area contributed by atoms with Crippen molar-refractivity contribution in [1.82, 2.24) is 9.55 Å². The van der Waals surface area contributed by atoms with Crippen LogP contribution in [-0.4, -0.2) is 20.6 Å². The van der Waals surface area contributed by atoms with Gasteiger partial charge in [-0.15, -0.1) is 11.3 Å². The number of hydrogen-bond donors (Lipinski definition) is 1. The summed E-state index contributed by atoms with van der Waals surface area (Å²) in [5.74, 6) is -0.350. The molecule has 0 amide bonds. The van der Waals surface area contributed by atoms with Gasteiger partial charge >= 0.3 is 12.1 Å². The normalized spacial score (nSPS) is 12.8. The number of fused-ring (bicyclic) bond motifs is 1. The number of halogens is 3. The smallest absolute Gasteiger partial charge is 0.416 e. The molecule has 4 aromatic rings. The summed E-state index contributed by atoms with van der Waals surface area (Å²) in [4.78, 5) is 16.4. The zero-order chi connectivity index (χ0) is 23.0. The van der Waals surface area contributed by atoms with Crippen LogP contribution < -0.4 is 4.74 Å². The van der Waals surface area contributed by atoms with Gasteiger partial charge in [0.1, 0.15) is 23.4 Å². The molecule has 0 aliphatic carbocycles. The van der Waals surface area contributed by atoms with Crippen LogP contribution in [0.1, 0.15) is 29.2 Å². The largest absolute Gasteiger partial charge is 0.485 e. The van der Waals surface area contributed by atoms with Gasteiger partial charge in [0.05, 0.1) is 21.7 Å². The number of nitrogens with zero attached hydrogens (tertiary/aromatic N) is 2. The molecule has 0 radical (unpaired) electrons. The average Bonchev–Trinajstić information content (AvgIpc) is 3.30. The van der Waals surface area contributed by atoms with Crippen LogP contribution in [0.2, 0.25) is 0 Å². The molecule has 0 saturated carbocycles. The maximum absolute atomic E-state index is 12.8. The number of alkyl halides is 3. The molecule has 4 rings (SSSR count). The number of ether oxygens (including phenoxy) is 1. The number of carbonyl (C=O) groups is 1. The predicted octanol–water partition coefficient (Wildman–Crippen LogP) is 6.32. The molecule has 2 aromatic carbocycles. The van der Waals surface area contributed by atoms with Gasteiger partial charge in [0.15, 0.2) is 0 Å². The van der Waals surface area contributed by atoms with Crippen molar-refractivity contribution >= 4 is 28.2 Å². The number of hydrogen-bond acceptors (Lipinski definition) is 4. The first-order valence-electron chi connectivity index (χ1n) is 9.74. The van der Waals surface area contributed by atoms with Gasteiger partial charge in [-0.05, 0) is 49.6 Å². The fourth-order valence-electron chi connectivity index (χ4n) is 3.49. The minimum absolute atomic E-state index is 0.146. The standard InChI is InChI=1S/C23H19F3N2O3S/c1-13-21(32-22(27-13)16-3-6-17(7-4-16)23(24,25)26)14(2)31-18-8-5-15-9-10-28(12-20(29)30)19(15)11-18/h3-11,14H,12H2,1-2H3,(H,29,30)/t14-/m1/s1. The van der Waals surface area contributed by atoms with Crippen molar-refractivity contribution in [2.24, 2.45) is 0 Å². The molecule has 1 N–H and O–H groups in total. The summed E-state index contributed by atoms with van der Waals surface area (Å²) in [5.41, 5.74) is 1.41. The first kappa shape index (κ1) is 21.9. The first-order chi connectivity index (χ1) is 15.1. The Kier molecular flexibility index (Phi) is 5.68. The second-order valence-electron chi connectivity index (χ2n) is 7.36. The van der Waals surface area contributed by atoms with Crippen LogP contribution >= 0.6 is 11.3 Å². The van der Waals surface area contributed by atoms with Gasteiger partial charge in [0.25, 0.3) is 0 Å². The van der Waals surface area contributed by atoms with E-state index in [0.29, 0.717) is 16.3 Å². The summed E-state index contributed by atoms with van der Waals surface area (Å²) >= 11 is 1.37. The topological polar surface area (TPSA) is 64.4 Å². The molecule has 1 atom stereocenters. The Morgan fingerprint density at radius 3 is 2.56 bits per heavy atom. The third-order valence-electron chi connectivity index (χ3n) is 5.02. The maximum Gasteiger partial charge on any atom is 0.416 e. The van der Waals surface area contributed by atoms with Gasteiger partial charge in [-0.1, -0.05) is 12.1 Å². The Bertz CT molecular complexity index is 1280. The van der Waals surface area contributed by atoms with E-state index in [4.69, 9.17) is 9.84 Å². The lowest BCUT2D eigenvalue weighted by Gasteiger charge is -2.14. The average molecular weight is 460 g/mol. The van der Waals surface area contributed by atoms with E-state index >= 15 is 0 Å². The van der Waals surface area contributed by atoms with Crippen molar-refractivity contribution in [2.45, 2.75) is 32.7 Å². The van der Waals surface area contributed by atoms with E-state index in [0.717, 1.165) is 33.6 Å². The number of aliphatic carboxylic acids is 1. The number of carboxylic acids is 1. The van der Waals surface area contributed by atoms with Gasteiger partial charge in [-0.3, -0.25) is 4.79 Å². The summed E-state index contributed by atoms with van der Waals surface area (Å²) in [7, 11) is 0. The van der Waals surface area contributed by atoms with Gasteiger partial charge in [-0.25, -0.2) is 4.98 Å². The zero-order valence-corrected chi connectivity index (χ0v) is 18.0. The van der Waals surface area contributed by atoms with Crippen LogP contribution in [0.15, 0.2) is 54.7 Å². The number of rotatable bonds is 6. The van der Waals surface area contributed by atoms with Crippen molar-refractivity contribution in [2.75, 3.05) is 0 Å². The fourth-order valence-corrected chi connectivity index (χ4v) is 4.54. The van der Waals surface area contributed by atoms with Gasteiger partial charge < -0.3 is 14.4 Å². The Morgan fingerprint density at radius 1 is 1.19 bits per heavy atom. The number of thiazole rings is 1. The molecule has 0 fully saturated rings. The van der Waals surface area contributed by atoms with Crippen LogP contribution in [0, 0.1) is 6.92 Å². The molecule has 0 bridgehead atoms. The van der Waals surface area contributed by atoms with E-state index in [1.165, 1.54) is 23.5 Å². The van der Waals surface area contributed by atoms with Crippen LogP contribution in [-0.2, 0) is 17.5 Å². The summed E-state index contributed by atoms with van der Waals surface area (Å²) < 4.78 is 46.1. The van der Waals surface area contributed by atoms with Gasteiger partial charge in [-0.2, -0.15) is 13.2 Å². The summed E-state index contributed by atoms with van der Waals surface area (Å²) in [5, 5.41) is 10.6. The summed E-state index contributed by atoms with van der Waals surface area (Å²) in [6.07, 6.45) is -3.01. The monoisotopic (exact) mass is 460 g/mol. The van der Waals surface area contributed by atoms with Crippen LogP contribution in [0.4, 0.5) is 13.2 Å². The van der Waals surface area contributed by atoms with Crippen LogP contribution in [0.5, 0.6) is 5.75 Å². The van der Waals surface area contributed by atoms with Gasteiger partial charge in [0, 0.05) is 17.8 Å². The minimum atomic E-state index is -4.38. The third kappa shape index (κ3) is 4.47. The molecular formula is C23H19F3N2O3S. The molecule has 2 heterocycles. The lowest BCUT2D eigenvalue weighted by Crippen LogP contribution is -2.07. The molecule has 0 aliphatic rings. The fraction of sp³-hybridized carbons (Fsp3) is 0.217. The Hall–Kier alpha value is -3.33. The van der Waals surface area contributed by atoms with E-state index in [1.54, 1.807) is 16.8 Å². The quantitative estimate of drug-likeness (QED) is 0.366. The second kappa shape index (κ2) is 8.31. The van der Waals surface area contributed by atoms with Crippen molar-refractivity contribution in [3.8, 4) is 16.3 Å². The number of aromatic nitrogens is 2. The van der Waals surface area contributed by atoms with E-state index < -0.39 is 17.7 Å². The zero-order valence-electron chi connectivity index (χ0n) is 17.2. The van der Waals surface area contributed by atoms with Crippen LogP contribution in [0.3, 0.4) is 0 Å². The SMILES string of the molecule is Cc1nc(-c2ccc(C(F)(F)F)cc2)sc1[C@@H](C)Oc1ccc2ccn(CC(=O)O)c2c1. The van der Waals surface area contributed by atoms with Crippen molar-refractivity contribution in [3.63, 3.8) is 0 Å². The second-order valence-corrected chi connectivity index (χ2v) is 8.39. The van der Waals surface area contributed by atoms with Gasteiger partial charge in [0.2, 0.25) is 0 Å². The first-order valence-corrected chi connectivity index (χ1v) is 10.6. The Balaban J connectivity index is 1.56. The van der Waals surface area contributed by atoms with Crippen LogP contribution in [0.25, 0.3) is 21.5 Å². The highest BCUT2D eigenvalue weighted by Crippen LogP contribution is 2.36. The van der Waals surface area contributed by atoms with Crippen molar-refractivity contribution in [1.29, 1.82) is 0 Å². The lowest BCUT2D eigenvalue weighted by atomic mass is 10.1. The molecule has 9 heteroatoms. The molecule has 5 nitrogen and oxygen atoms in total. The molecule has 0 spiro atoms. The highest BCUT2D eigenvalue weighted by molar-refractivity contribution is 7.15. The van der Waals surface area contributed by atoms with E-state index in [2.05, 4.69) is 4.98 Å². The molecule has 0 saturated heterocycles. The molecular weight excluding hydrogens is 441 g/mol. The summed E-state index contributed by atoms with van der Waals surface area (Å²) in [6.45, 7) is 3.56. The Labute approximate surface area is 185 Å². The van der Waals surface area contributed by atoms with E-state index in [1.807, 2.05) is 32.0 Å². The van der Waals surface area contributed by atoms with E-state index in [9.17, 15) is 18.0 Å². The molecule has 2 aromatic heterocycles. The number of carboxylic acid groups (broad SMARTS) is 1. The number of benzene rings is 2. The third-order valence-corrected chi connectivity index (χ3v) is 6.39. The molecule has 32 heavy (non-hydrogen) atoms. The van der Waals surface area contributed by atoms with E-state index in [-0.39, 0.29) is 12.6 Å². The highest BCUT2D eigenvalue weighted by Gasteiger charge is 2.30. The molecule has 0 aliphatic heterocycles. The maximum atomic E-state index is 12.8. The molecule has 0 unspecified atom stereocenters. The predicted molar refractivity (Wildman–Crippen MR) is 116 cm³/mol. The minimum Gasteiger partial charge on any atom is -0.485 e. The van der Waals surface area contributed by atoms with Crippen molar-refractivity contribution in [3.05, 3.63) is 70.9 Å². The lowest BCUT2D eigenvalue weighted by molar-refractivity contribution is -0.138. The van der Waals surface area contributed by atoms with Crippen molar-refractivity contribution < 1.29 is 27.8 Å². The summed E-state index contributed by atoms with van der Waals surface area (Å²) in [6, 6.07) is 12.2. The number of aryl methyl sites for hydroxylation is 1. The highest BCUT2D eigenvalue weighted by atomic mass is 32.1.